The van der Waals surface area contributed by atoms with Crippen LogP contribution in [-0.4, -0.2) is 66.3 Å². The average molecular weight is 723 g/mol. The van der Waals surface area contributed by atoms with Crippen molar-refractivity contribution in [2.24, 2.45) is 11.8 Å². The lowest BCUT2D eigenvalue weighted by Crippen LogP contribution is -2.45. The lowest BCUT2D eigenvalue weighted by molar-refractivity contribution is -0.156. The van der Waals surface area contributed by atoms with E-state index in [0.717, 1.165) is 32.1 Å². The van der Waals surface area contributed by atoms with Crippen LogP contribution in [0.1, 0.15) is 91.5 Å². The number of carbonyl (C=O) groups is 5. The minimum absolute atomic E-state index is 0.0619. The van der Waals surface area contributed by atoms with Crippen molar-refractivity contribution in [3.63, 3.8) is 0 Å². The number of anilines is 1. The van der Waals surface area contributed by atoms with E-state index in [2.05, 4.69) is 10.6 Å². The number of amides is 2. The minimum atomic E-state index is -0.993. The van der Waals surface area contributed by atoms with Crippen LogP contribution in [-0.2, 0) is 39.9 Å². The zero-order valence-electron chi connectivity index (χ0n) is 31.1. The lowest BCUT2D eigenvalue weighted by Gasteiger charge is -2.29. The second kappa shape index (κ2) is 21.1. The van der Waals surface area contributed by atoms with E-state index in [0.29, 0.717) is 24.0 Å². The number of rotatable bonds is 7. The van der Waals surface area contributed by atoms with Gasteiger partial charge in [-0.15, -0.1) is 0 Å². The molecule has 4 unspecified atom stereocenters. The Balaban J connectivity index is 1.93. The quantitative estimate of drug-likeness (QED) is 0.177. The summed E-state index contributed by atoms with van der Waals surface area (Å²) in [5, 5.41) is 17.0. The van der Waals surface area contributed by atoms with Gasteiger partial charge in [0.15, 0.2) is 5.75 Å². The second-order valence-corrected chi connectivity index (χ2v) is 13.4. The number of aryl methyl sites for hydroxylation is 1. The summed E-state index contributed by atoms with van der Waals surface area (Å²) in [6.45, 7) is 7.67. The van der Waals surface area contributed by atoms with Gasteiger partial charge in [-0.3, -0.25) is 19.2 Å². The molecule has 1 aromatic rings. The fourth-order valence-electron chi connectivity index (χ4n) is 6.22. The van der Waals surface area contributed by atoms with Gasteiger partial charge in [0.25, 0.3) is 0 Å². The predicted molar refractivity (Wildman–Crippen MR) is 196 cm³/mol. The van der Waals surface area contributed by atoms with E-state index in [1.165, 1.54) is 27.0 Å². The number of aliphatic hydroxyl groups is 1. The van der Waals surface area contributed by atoms with Crippen LogP contribution in [0, 0.1) is 11.8 Å². The number of fused-ring (bicyclic) bond motifs is 2. The SMILES string of the molecule is COC1\C=C/C=C/C=C/CC(OC(=O)[C@H](C)NC(=O)C2CCCCC2)C(C)C(O)/C(C)=C/CCc2cc(OC(C)=O)cc(c2OC(C)=O)NC(=O)C1. The van der Waals surface area contributed by atoms with E-state index >= 15 is 0 Å². The molecule has 1 heterocycles. The van der Waals surface area contributed by atoms with Gasteiger partial charge in [-0.2, -0.15) is 0 Å². The topological polar surface area (TPSA) is 167 Å². The van der Waals surface area contributed by atoms with Crippen molar-refractivity contribution < 1.29 is 48.0 Å². The molecular weight excluding hydrogens is 668 g/mol. The fourth-order valence-corrected chi connectivity index (χ4v) is 6.22. The first-order valence-corrected chi connectivity index (χ1v) is 18.0. The lowest BCUT2D eigenvalue weighted by atomic mass is 9.88. The van der Waals surface area contributed by atoms with Crippen LogP contribution in [0.4, 0.5) is 5.69 Å². The van der Waals surface area contributed by atoms with E-state index < -0.39 is 54.1 Å². The molecule has 1 saturated carbocycles. The molecule has 3 rings (SSSR count). The van der Waals surface area contributed by atoms with Gasteiger partial charge in [0.2, 0.25) is 11.8 Å². The maximum Gasteiger partial charge on any atom is 0.328 e. The van der Waals surface area contributed by atoms with Crippen LogP contribution in [0.15, 0.2) is 60.2 Å². The van der Waals surface area contributed by atoms with Gasteiger partial charge in [-0.1, -0.05) is 68.7 Å². The van der Waals surface area contributed by atoms with Gasteiger partial charge in [0.05, 0.1) is 24.3 Å². The zero-order chi connectivity index (χ0) is 38.2. The third kappa shape index (κ3) is 13.5. The zero-order valence-corrected chi connectivity index (χ0v) is 31.1. The highest BCUT2D eigenvalue weighted by Crippen LogP contribution is 2.36. The summed E-state index contributed by atoms with van der Waals surface area (Å²) in [4.78, 5) is 63.2. The standard InChI is InChI=1S/C40H54N2O10/c1-25-16-15-19-31-22-33(50-28(4)43)23-34(38(31)51-29(5)44)42-36(45)24-32(49-6)20-13-8-7-9-14-21-35(26(2)37(25)46)52-40(48)27(3)41-39(47)30-17-11-10-12-18-30/h7-9,13-14,16,20,22-23,26-27,30,32,35,37,46H,10-12,15,17-19,21,24H2,1-6H3,(H,41,47)(H,42,45)/b8-7+,14-9+,20-13-,25-16+/t26?,27-,32?,35?,37?/m0/s1. The van der Waals surface area contributed by atoms with Crippen LogP contribution in [0.3, 0.4) is 0 Å². The molecule has 0 aromatic heterocycles. The van der Waals surface area contributed by atoms with Crippen LogP contribution >= 0.6 is 0 Å². The predicted octanol–water partition coefficient (Wildman–Crippen LogP) is 5.83. The molecule has 1 aliphatic heterocycles. The summed E-state index contributed by atoms with van der Waals surface area (Å²) in [5.74, 6) is -2.71. The summed E-state index contributed by atoms with van der Waals surface area (Å²) in [5.41, 5.74) is 1.25. The van der Waals surface area contributed by atoms with Crippen molar-refractivity contribution >= 4 is 35.4 Å². The Kier molecular flexibility index (Phi) is 17.0. The Bertz CT molecular complexity index is 1540. The first kappa shape index (κ1) is 41.9. The maximum atomic E-state index is 13.3. The number of allylic oxidation sites excluding steroid dienone is 5. The molecule has 2 aliphatic rings. The Morgan fingerprint density at radius 1 is 0.981 bits per heavy atom. The number of methoxy groups -OCH3 is 1. The van der Waals surface area contributed by atoms with Crippen LogP contribution in [0.25, 0.3) is 0 Å². The molecule has 1 aromatic carbocycles. The van der Waals surface area contributed by atoms with Crippen LogP contribution in [0.5, 0.6) is 11.5 Å². The van der Waals surface area contributed by atoms with E-state index in [1.54, 1.807) is 57.2 Å². The molecule has 0 saturated heterocycles. The highest BCUT2D eigenvalue weighted by Gasteiger charge is 2.31. The van der Waals surface area contributed by atoms with E-state index in [1.807, 2.05) is 12.2 Å². The van der Waals surface area contributed by atoms with Crippen molar-refractivity contribution in [3.8, 4) is 11.5 Å². The number of hydrogen-bond donors (Lipinski definition) is 3. The summed E-state index contributed by atoms with van der Waals surface area (Å²) in [6, 6.07) is 2.12. The summed E-state index contributed by atoms with van der Waals surface area (Å²) in [6.07, 6.45) is 15.7. The molecular formula is C40H54N2O10. The Morgan fingerprint density at radius 3 is 2.35 bits per heavy atom. The molecule has 0 radical (unpaired) electrons. The number of aliphatic hydroxyl groups excluding tert-OH is 1. The summed E-state index contributed by atoms with van der Waals surface area (Å²) >= 11 is 0. The second-order valence-electron chi connectivity index (χ2n) is 13.4. The van der Waals surface area contributed by atoms with Crippen molar-refractivity contribution in [1.29, 1.82) is 0 Å². The van der Waals surface area contributed by atoms with Gasteiger partial charge in [-0.05, 0) is 51.2 Å². The van der Waals surface area contributed by atoms with Gasteiger partial charge >= 0.3 is 17.9 Å². The Morgan fingerprint density at radius 2 is 1.67 bits per heavy atom. The first-order valence-electron chi connectivity index (χ1n) is 18.0. The molecule has 3 N–H and O–H groups in total. The monoisotopic (exact) mass is 722 g/mol. The van der Waals surface area contributed by atoms with Crippen molar-refractivity contribution in [2.45, 2.75) is 117 Å². The molecule has 5 atom stereocenters. The maximum absolute atomic E-state index is 13.3. The van der Waals surface area contributed by atoms with Crippen LogP contribution in [0.2, 0.25) is 0 Å². The number of carbonyl (C=O) groups excluding carboxylic acids is 5. The number of esters is 3. The van der Waals surface area contributed by atoms with Crippen LogP contribution < -0.4 is 20.1 Å². The fraction of sp³-hybridized carbons (Fsp3) is 0.525. The molecule has 52 heavy (non-hydrogen) atoms. The molecule has 0 spiro atoms. The molecule has 284 valence electrons. The molecule has 1 aliphatic carbocycles. The summed E-state index contributed by atoms with van der Waals surface area (Å²) < 4.78 is 22.3. The number of ether oxygens (including phenoxy) is 4. The summed E-state index contributed by atoms with van der Waals surface area (Å²) in [7, 11) is 1.48. The molecule has 12 nitrogen and oxygen atoms in total. The van der Waals surface area contributed by atoms with Crippen molar-refractivity contribution in [2.75, 3.05) is 12.4 Å². The smallest absolute Gasteiger partial charge is 0.328 e. The molecule has 2 bridgehead atoms. The normalized spacial score (nSPS) is 25.8. The van der Waals surface area contributed by atoms with E-state index in [-0.39, 0.29) is 41.9 Å². The first-order chi connectivity index (χ1) is 24.8. The van der Waals surface area contributed by atoms with Gasteiger partial charge in [-0.25, -0.2) is 4.79 Å². The van der Waals surface area contributed by atoms with Gasteiger partial charge < -0.3 is 34.7 Å². The Hall–Kier alpha value is -4.55. The molecule has 1 fully saturated rings. The third-order valence-electron chi connectivity index (χ3n) is 9.16. The highest BCUT2D eigenvalue weighted by molar-refractivity contribution is 5.94. The largest absolute Gasteiger partial charge is 0.460 e. The average Bonchev–Trinajstić information content (AvgIpc) is 3.10. The van der Waals surface area contributed by atoms with E-state index in [4.69, 9.17) is 18.9 Å². The minimum Gasteiger partial charge on any atom is -0.460 e. The molecule has 2 amide bonds. The molecule has 12 heteroatoms. The van der Waals surface area contributed by atoms with Crippen molar-refractivity contribution in [1.82, 2.24) is 5.32 Å². The van der Waals surface area contributed by atoms with Gasteiger partial charge in [0.1, 0.15) is 17.9 Å². The van der Waals surface area contributed by atoms with Gasteiger partial charge in [0, 0.05) is 50.8 Å². The number of nitrogens with one attached hydrogen (secondary N) is 2. The van der Waals surface area contributed by atoms with E-state index in [9.17, 15) is 29.1 Å². The van der Waals surface area contributed by atoms with Crippen molar-refractivity contribution in [3.05, 3.63) is 65.8 Å². The third-order valence-corrected chi connectivity index (χ3v) is 9.16. The number of hydrogen-bond acceptors (Lipinski definition) is 10. The highest BCUT2D eigenvalue weighted by atomic mass is 16.6. The number of benzene rings is 1. The Labute approximate surface area is 306 Å².